The summed E-state index contributed by atoms with van der Waals surface area (Å²) in [6.07, 6.45) is 0.332. The Morgan fingerprint density at radius 2 is 2.42 bits per heavy atom. The largest absolute Gasteiger partial charge is 0.478 e. The molecule has 0 bridgehead atoms. The van der Waals surface area contributed by atoms with E-state index in [-0.39, 0.29) is 19.0 Å². The summed E-state index contributed by atoms with van der Waals surface area (Å²) in [5.41, 5.74) is 0.385. The van der Waals surface area contributed by atoms with Gasteiger partial charge in [-0.05, 0) is 18.5 Å². The van der Waals surface area contributed by atoms with Crippen molar-refractivity contribution in [2.24, 2.45) is 0 Å². The summed E-state index contributed by atoms with van der Waals surface area (Å²) in [5, 5.41) is 11.1. The van der Waals surface area contributed by atoms with Crippen LogP contribution >= 0.6 is 12.4 Å². The SMILES string of the molecule is Cl.O=C(O)/C=C1\CCNCC1F. The van der Waals surface area contributed by atoms with Crippen molar-refractivity contribution in [3.8, 4) is 0 Å². The number of nitrogens with one attached hydrogen (secondary N) is 1. The van der Waals surface area contributed by atoms with Crippen molar-refractivity contribution >= 4 is 18.4 Å². The highest BCUT2D eigenvalue weighted by atomic mass is 35.5. The van der Waals surface area contributed by atoms with E-state index in [4.69, 9.17) is 5.11 Å². The number of hydrogen-bond donors (Lipinski definition) is 2. The van der Waals surface area contributed by atoms with Gasteiger partial charge in [0.15, 0.2) is 0 Å². The molecule has 2 N–H and O–H groups in total. The van der Waals surface area contributed by atoms with Gasteiger partial charge in [0, 0.05) is 12.6 Å². The first-order valence-corrected chi connectivity index (χ1v) is 3.48. The van der Waals surface area contributed by atoms with Crippen molar-refractivity contribution < 1.29 is 14.3 Å². The first kappa shape index (κ1) is 11.4. The van der Waals surface area contributed by atoms with E-state index >= 15 is 0 Å². The lowest BCUT2D eigenvalue weighted by Crippen LogP contribution is -2.33. The van der Waals surface area contributed by atoms with Gasteiger partial charge in [-0.25, -0.2) is 9.18 Å². The molecule has 3 nitrogen and oxygen atoms in total. The monoisotopic (exact) mass is 195 g/mol. The highest BCUT2D eigenvalue weighted by Gasteiger charge is 2.17. The molecule has 0 radical (unpaired) electrons. The van der Waals surface area contributed by atoms with Crippen LogP contribution in [0.3, 0.4) is 0 Å². The molecule has 12 heavy (non-hydrogen) atoms. The molecule has 1 unspecified atom stereocenters. The van der Waals surface area contributed by atoms with Crippen LogP contribution in [0.1, 0.15) is 6.42 Å². The second-order valence-electron chi connectivity index (χ2n) is 2.48. The van der Waals surface area contributed by atoms with Crippen molar-refractivity contribution in [1.82, 2.24) is 5.32 Å². The maximum Gasteiger partial charge on any atom is 0.328 e. The molecule has 0 amide bonds. The molecule has 0 aromatic rings. The molecule has 1 fully saturated rings. The molecule has 70 valence electrons. The lowest BCUT2D eigenvalue weighted by Gasteiger charge is -2.18. The van der Waals surface area contributed by atoms with E-state index in [9.17, 15) is 9.18 Å². The number of halogens is 2. The molecular formula is C7H11ClFNO2. The van der Waals surface area contributed by atoms with Crippen molar-refractivity contribution in [1.29, 1.82) is 0 Å². The first-order valence-electron chi connectivity index (χ1n) is 3.48. The van der Waals surface area contributed by atoms with Gasteiger partial charge in [-0.15, -0.1) is 12.4 Å². The number of carboxylic acid groups (broad SMARTS) is 1. The van der Waals surface area contributed by atoms with Crippen LogP contribution in [0.25, 0.3) is 0 Å². The summed E-state index contributed by atoms with van der Waals surface area (Å²) in [4.78, 5) is 10.1. The zero-order chi connectivity index (χ0) is 8.27. The maximum absolute atomic E-state index is 12.8. The molecule has 0 aliphatic carbocycles. The number of carboxylic acids is 1. The number of hydrogen-bond acceptors (Lipinski definition) is 2. The highest BCUT2D eigenvalue weighted by molar-refractivity contribution is 5.85. The van der Waals surface area contributed by atoms with E-state index < -0.39 is 12.1 Å². The van der Waals surface area contributed by atoms with Crippen LogP contribution < -0.4 is 5.32 Å². The number of alkyl halides is 1. The molecule has 5 heteroatoms. The van der Waals surface area contributed by atoms with Crippen LogP contribution in [0.4, 0.5) is 4.39 Å². The second kappa shape index (κ2) is 5.11. The van der Waals surface area contributed by atoms with Crippen LogP contribution in [0.2, 0.25) is 0 Å². The van der Waals surface area contributed by atoms with Gasteiger partial charge in [0.2, 0.25) is 0 Å². The molecule has 0 spiro atoms. The van der Waals surface area contributed by atoms with E-state index in [0.717, 1.165) is 6.08 Å². The Morgan fingerprint density at radius 1 is 1.75 bits per heavy atom. The van der Waals surface area contributed by atoms with Gasteiger partial charge < -0.3 is 10.4 Å². The fourth-order valence-corrected chi connectivity index (χ4v) is 1.07. The average Bonchev–Trinajstić information content (AvgIpc) is 1.93. The molecule has 1 saturated heterocycles. The van der Waals surface area contributed by atoms with Crippen molar-refractivity contribution in [3.05, 3.63) is 11.6 Å². The third kappa shape index (κ3) is 3.19. The smallest absolute Gasteiger partial charge is 0.328 e. The quantitative estimate of drug-likeness (QED) is 0.608. The molecule has 1 aliphatic rings. The van der Waals surface area contributed by atoms with Crippen molar-refractivity contribution in [2.45, 2.75) is 12.6 Å². The third-order valence-corrected chi connectivity index (χ3v) is 1.63. The molecule has 0 aromatic heterocycles. The lowest BCUT2D eigenvalue weighted by molar-refractivity contribution is -0.131. The first-order chi connectivity index (χ1) is 5.20. The number of rotatable bonds is 1. The fourth-order valence-electron chi connectivity index (χ4n) is 1.07. The van der Waals surface area contributed by atoms with E-state index in [1.807, 2.05) is 0 Å². The minimum absolute atomic E-state index is 0. The van der Waals surface area contributed by atoms with E-state index in [1.165, 1.54) is 0 Å². The zero-order valence-corrected chi connectivity index (χ0v) is 7.23. The van der Waals surface area contributed by atoms with Gasteiger partial charge in [-0.3, -0.25) is 0 Å². The summed E-state index contributed by atoms with van der Waals surface area (Å²) in [7, 11) is 0. The van der Waals surface area contributed by atoms with Crippen LogP contribution in [0.5, 0.6) is 0 Å². The van der Waals surface area contributed by atoms with Gasteiger partial charge in [0.25, 0.3) is 0 Å². The van der Waals surface area contributed by atoms with Gasteiger partial charge in [0.05, 0.1) is 0 Å². The fraction of sp³-hybridized carbons (Fsp3) is 0.571. The van der Waals surface area contributed by atoms with Gasteiger partial charge in [-0.1, -0.05) is 0 Å². The zero-order valence-electron chi connectivity index (χ0n) is 6.42. The molecule has 1 heterocycles. The van der Waals surface area contributed by atoms with Crippen LogP contribution in [-0.4, -0.2) is 30.3 Å². The molecule has 0 aromatic carbocycles. The van der Waals surface area contributed by atoms with E-state index in [2.05, 4.69) is 5.32 Å². The van der Waals surface area contributed by atoms with Gasteiger partial charge >= 0.3 is 5.97 Å². The minimum atomic E-state index is -1.13. The van der Waals surface area contributed by atoms with Crippen molar-refractivity contribution in [2.75, 3.05) is 13.1 Å². The Bertz CT molecular complexity index is 196. The van der Waals surface area contributed by atoms with Crippen molar-refractivity contribution in [3.63, 3.8) is 0 Å². The Morgan fingerprint density at radius 3 is 2.92 bits per heavy atom. The maximum atomic E-state index is 12.8. The number of carbonyl (C=O) groups is 1. The summed E-state index contributed by atoms with van der Waals surface area (Å²) >= 11 is 0. The van der Waals surface area contributed by atoms with Crippen LogP contribution in [0.15, 0.2) is 11.6 Å². The van der Waals surface area contributed by atoms with E-state index in [1.54, 1.807) is 0 Å². The highest BCUT2D eigenvalue weighted by Crippen LogP contribution is 2.13. The Labute approximate surface area is 76.1 Å². The lowest BCUT2D eigenvalue weighted by atomic mass is 10.0. The molecule has 1 rings (SSSR count). The van der Waals surface area contributed by atoms with E-state index in [0.29, 0.717) is 18.5 Å². The van der Waals surface area contributed by atoms with Gasteiger partial charge in [-0.2, -0.15) is 0 Å². The minimum Gasteiger partial charge on any atom is -0.478 e. The molecular weight excluding hydrogens is 185 g/mol. The van der Waals surface area contributed by atoms with Crippen LogP contribution in [0, 0.1) is 0 Å². The Hall–Kier alpha value is -0.610. The average molecular weight is 196 g/mol. The predicted octanol–water partition coefficient (Wildman–Crippen LogP) is 0.751. The number of aliphatic carboxylic acids is 1. The second-order valence-corrected chi connectivity index (χ2v) is 2.48. The summed E-state index contributed by atoms with van der Waals surface area (Å²) in [6, 6.07) is 0. The predicted molar refractivity (Wildman–Crippen MR) is 45.3 cm³/mol. The Kier molecular flexibility index (Phi) is 4.85. The topological polar surface area (TPSA) is 49.3 Å². The molecule has 1 atom stereocenters. The summed E-state index contributed by atoms with van der Waals surface area (Å²) < 4.78 is 12.8. The molecule has 0 saturated carbocycles. The number of piperidine rings is 1. The normalized spacial score (nSPS) is 26.4. The summed E-state index contributed by atoms with van der Waals surface area (Å²) in [5.74, 6) is -1.07. The summed E-state index contributed by atoms with van der Waals surface area (Å²) in [6.45, 7) is 0.901. The standard InChI is InChI=1S/C7H10FNO2.ClH/c8-6-4-9-2-1-5(6)3-7(10)11;/h3,6,9H,1-2,4H2,(H,10,11);1H/b5-3+;. The van der Waals surface area contributed by atoms with Gasteiger partial charge in [0.1, 0.15) is 6.17 Å². The molecule has 1 aliphatic heterocycles. The third-order valence-electron chi connectivity index (χ3n) is 1.63. The Balaban J connectivity index is 0.00000121. The van der Waals surface area contributed by atoms with Crippen LogP contribution in [-0.2, 0) is 4.79 Å².